The van der Waals surface area contributed by atoms with Crippen molar-refractivity contribution in [1.82, 2.24) is 24.7 Å². The van der Waals surface area contributed by atoms with E-state index in [2.05, 4.69) is 25.5 Å². The van der Waals surface area contributed by atoms with Crippen molar-refractivity contribution in [2.45, 2.75) is 19.9 Å². The van der Waals surface area contributed by atoms with Crippen LogP contribution in [0.3, 0.4) is 0 Å². The molecule has 3 heterocycles. The number of benzene rings is 1. The number of methoxy groups -OCH3 is 2. The number of anilines is 1. The van der Waals surface area contributed by atoms with Crippen LogP contribution >= 0.6 is 0 Å². The SMILES string of the molecule is COc1cc(N[C@@H](C)c2ccc(F)cc2)nnc1-c1ccc(-n2cnc(C)c2)c(OC)n1. The summed E-state index contributed by atoms with van der Waals surface area (Å²) in [7, 11) is 3.12. The lowest BCUT2D eigenvalue weighted by atomic mass is 10.1. The number of rotatable bonds is 7. The highest BCUT2D eigenvalue weighted by atomic mass is 19.1. The molecule has 0 aliphatic carbocycles. The minimum absolute atomic E-state index is 0.100. The van der Waals surface area contributed by atoms with Crippen LogP contribution in [0.2, 0.25) is 0 Å². The average molecular weight is 434 g/mol. The summed E-state index contributed by atoms with van der Waals surface area (Å²) in [5.74, 6) is 1.19. The molecule has 0 aliphatic rings. The molecule has 0 bridgehead atoms. The molecule has 4 aromatic rings. The Morgan fingerprint density at radius 1 is 1.03 bits per heavy atom. The molecular formula is C23H23FN6O2. The predicted octanol–water partition coefficient (Wildman–Crippen LogP) is 4.36. The fourth-order valence-corrected chi connectivity index (χ4v) is 3.30. The summed E-state index contributed by atoms with van der Waals surface area (Å²) in [5, 5.41) is 11.9. The number of imidazole rings is 1. The molecule has 0 saturated carbocycles. The van der Waals surface area contributed by atoms with Gasteiger partial charge in [0.05, 0.1) is 38.0 Å². The molecule has 1 aromatic carbocycles. The molecule has 0 saturated heterocycles. The van der Waals surface area contributed by atoms with Gasteiger partial charge in [0, 0.05) is 12.3 Å². The number of aryl methyl sites for hydroxylation is 1. The Bertz CT molecular complexity index is 1230. The third-order valence-corrected chi connectivity index (χ3v) is 4.98. The van der Waals surface area contributed by atoms with E-state index in [0.717, 1.165) is 16.9 Å². The van der Waals surface area contributed by atoms with Crippen molar-refractivity contribution >= 4 is 5.82 Å². The maximum absolute atomic E-state index is 13.2. The van der Waals surface area contributed by atoms with E-state index in [-0.39, 0.29) is 11.9 Å². The average Bonchev–Trinajstić information content (AvgIpc) is 3.25. The van der Waals surface area contributed by atoms with Gasteiger partial charge >= 0.3 is 0 Å². The van der Waals surface area contributed by atoms with Crippen LogP contribution in [0, 0.1) is 12.7 Å². The zero-order chi connectivity index (χ0) is 22.7. The van der Waals surface area contributed by atoms with Crippen molar-refractivity contribution in [1.29, 1.82) is 0 Å². The maximum Gasteiger partial charge on any atom is 0.238 e. The van der Waals surface area contributed by atoms with Crippen LogP contribution in [-0.2, 0) is 0 Å². The van der Waals surface area contributed by atoms with E-state index in [0.29, 0.717) is 28.8 Å². The van der Waals surface area contributed by atoms with Gasteiger partial charge in [0.15, 0.2) is 17.3 Å². The smallest absolute Gasteiger partial charge is 0.238 e. The van der Waals surface area contributed by atoms with E-state index in [4.69, 9.17) is 9.47 Å². The molecule has 3 aromatic heterocycles. The second-order valence-corrected chi connectivity index (χ2v) is 7.21. The lowest BCUT2D eigenvalue weighted by molar-refractivity contribution is 0.395. The highest BCUT2D eigenvalue weighted by molar-refractivity contribution is 5.66. The molecule has 0 spiro atoms. The van der Waals surface area contributed by atoms with Crippen LogP contribution in [-0.4, -0.2) is 39.0 Å². The zero-order valence-electron chi connectivity index (χ0n) is 18.2. The summed E-state index contributed by atoms with van der Waals surface area (Å²) < 4.78 is 26.1. The van der Waals surface area contributed by atoms with Crippen LogP contribution in [0.5, 0.6) is 11.6 Å². The largest absolute Gasteiger partial charge is 0.494 e. The number of aromatic nitrogens is 5. The lowest BCUT2D eigenvalue weighted by Gasteiger charge is -2.16. The van der Waals surface area contributed by atoms with Crippen molar-refractivity contribution in [3.63, 3.8) is 0 Å². The highest BCUT2D eigenvalue weighted by Crippen LogP contribution is 2.32. The summed E-state index contributed by atoms with van der Waals surface area (Å²) in [6, 6.07) is 11.7. The third-order valence-electron chi connectivity index (χ3n) is 4.98. The molecule has 8 nitrogen and oxygen atoms in total. The number of ether oxygens (including phenoxy) is 2. The van der Waals surface area contributed by atoms with Crippen molar-refractivity contribution < 1.29 is 13.9 Å². The number of nitrogens with one attached hydrogen (secondary N) is 1. The van der Waals surface area contributed by atoms with Gasteiger partial charge in [0.2, 0.25) is 5.88 Å². The monoisotopic (exact) mass is 434 g/mol. The van der Waals surface area contributed by atoms with Crippen molar-refractivity contribution in [3.8, 4) is 28.7 Å². The fraction of sp³-hybridized carbons (Fsp3) is 0.217. The summed E-state index contributed by atoms with van der Waals surface area (Å²) >= 11 is 0. The minimum Gasteiger partial charge on any atom is -0.494 e. The van der Waals surface area contributed by atoms with Crippen LogP contribution in [0.25, 0.3) is 17.1 Å². The van der Waals surface area contributed by atoms with Gasteiger partial charge in [0.1, 0.15) is 11.5 Å². The van der Waals surface area contributed by atoms with Crippen molar-refractivity contribution in [2.75, 3.05) is 19.5 Å². The Kier molecular flexibility index (Phi) is 5.98. The molecule has 0 fully saturated rings. The molecule has 1 N–H and O–H groups in total. The van der Waals surface area contributed by atoms with Crippen LogP contribution < -0.4 is 14.8 Å². The van der Waals surface area contributed by atoms with Gasteiger partial charge in [-0.15, -0.1) is 10.2 Å². The number of pyridine rings is 1. The first kappa shape index (κ1) is 21.2. The molecule has 164 valence electrons. The maximum atomic E-state index is 13.2. The van der Waals surface area contributed by atoms with Crippen molar-refractivity contribution in [2.24, 2.45) is 0 Å². The van der Waals surface area contributed by atoms with Gasteiger partial charge in [-0.1, -0.05) is 12.1 Å². The van der Waals surface area contributed by atoms with Crippen LogP contribution in [0.4, 0.5) is 10.2 Å². The third kappa shape index (κ3) is 4.36. The fourth-order valence-electron chi connectivity index (χ4n) is 3.30. The summed E-state index contributed by atoms with van der Waals surface area (Å²) in [6.45, 7) is 3.87. The Morgan fingerprint density at radius 2 is 1.81 bits per heavy atom. The van der Waals surface area contributed by atoms with E-state index >= 15 is 0 Å². The van der Waals surface area contributed by atoms with Crippen LogP contribution in [0.15, 0.2) is 55.0 Å². The molecular weight excluding hydrogens is 411 g/mol. The second kappa shape index (κ2) is 9.01. The van der Waals surface area contributed by atoms with Gasteiger partial charge in [-0.25, -0.2) is 14.4 Å². The van der Waals surface area contributed by atoms with E-state index in [1.165, 1.54) is 12.1 Å². The van der Waals surface area contributed by atoms with Gasteiger partial charge in [-0.2, -0.15) is 0 Å². The summed E-state index contributed by atoms with van der Waals surface area (Å²) in [6.07, 6.45) is 3.60. The lowest BCUT2D eigenvalue weighted by Crippen LogP contribution is -2.09. The summed E-state index contributed by atoms with van der Waals surface area (Å²) in [4.78, 5) is 8.84. The first-order valence-corrected chi connectivity index (χ1v) is 9.98. The van der Waals surface area contributed by atoms with Gasteiger partial charge in [-0.3, -0.25) is 0 Å². The van der Waals surface area contributed by atoms with Crippen molar-refractivity contribution in [3.05, 3.63) is 72.1 Å². The standard InChI is InChI=1S/C23H23FN6O2/c1-14-12-30(13-25-14)19-10-9-18(27-23(19)32-4)22-20(31-3)11-21(28-29-22)26-15(2)16-5-7-17(24)8-6-16/h5-13,15H,1-4H3,(H,26,28)/t15-/m0/s1. The number of hydrogen-bond donors (Lipinski definition) is 1. The van der Waals surface area contributed by atoms with Gasteiger partial charge in [-0.05, 0) is 43.7 Å². The van der Waals surface area contributed by atoms with Crippen LogP contribution in [0.1, 0.15) is 24.2 Å². The first-order valence-electron chi connectivity index (χ1n) is 9.98. The summed E-state index contributed by atoms with van der Waals surface area (Å²) in [5.41, 5.74) is 3.62. The highest BCUT2D eigenvalue weighted by Gasteiger charge is 2.16. The molecule has 0 radical (unpaired) electrons. The molecule has 0 unspecified atom stereocenters. The molecule has 32 heavy (non-hydrogen) atoms. The Balaban J connectivity index is 1.62. The number of nitrogens with zero attached hydrogens (tertiary/aromatic N) is 5. The molecule has 9 heteroatoms. The van der Waals surface area contributed by atoms with Gasteiger partial charge in [0.25, 0.3) is 0 Å². The zero-order valence-corrected chi connectivity index (χ0v) is 18.2. The van der Waals surface area contributed by atoms with E-state index in [1.807, 2.05) is 36.7 Å². The quantitative estimate of drug-likeness (QED) is 0.462. The Morgan fingerprint density at radius 3 is 2.47 bits per heavy atom. The molecule has 0 aliphatic heterocycles. The van der Waals surface area contributed by atoms with E-state index in [1.54, 1.807) is 38.7 Å². The first-order chi connectivity index (χ1) is 15.5. The molecule has 1 atom stereocenters. The number of hydrogen-bond acceptors (Lipinski definition) is 7. The van der Waals surface area contributed by atoms with E-state index < -0.39 is 0 Å². The Labute approximate surface area is 185 Å². The second-order valence-electron chi connectivity index (χ2n) is 7.21. The predicted molar refractivity (Wildman–Crippen MR) is 119 cm³/mol. The topological polar surface area (TPSA) is 87.0 Å². The number of halogens is 1. The van der Waals surface area contributed by atoms with Gasteiger partial charge < -0.3 is 19.4 Å². The minimum atomic E-state index is -0.274. The normalized spacial score (nSPS) is 11.8. The molecule has 0 amide bonds. The molecule has 4 rings (SSSR count). The van der Waals surface area contributed by atoms with E-state index in [9.17, 15) is 4.39 Å². The Hall–Kier alpha value is -4.01.